The van der Waals surface area contributed by atoms with Crippen LogP contribution < -0.4 is 4.74 Å². The maximum Gasteiger partial charge on any atom is 0.182 e. The van der Waals surface area contributed by atoms with Gasteiger partial charge in [0, 0.05) is 0 Å². The number of aromatic amines is 1. The summed E-state index contributed by atoms with van der Waals surface area (Å²) in [6, 6.07) is 5.45. The number of hydrogen-bond acceptors (Lipinski definition) is 3. The molecule has 0 radical (unpaired) electrons. The zero-order chi connectivity index (χ0) is 12.3. The number of ether oxygens (including phenoxy) is 1. The van der Waals surface area contributed by atoms with Crippen molar-refractivity contribution >= 4 is 12.2 Å². The van der Waals surface area contributed by atoms with Crippen LogP contribution in [-0.2, 0) is 6.61 Å². The number of rotatable bonds is 3. The molecule has 1 N–H and O–H groups in total. The Morgan fingerprint density at radius 3 is 2.65 bits per heavy atom. The molecule has 0 amide bonds. The molecular weight excluding hydrogens is 246 g/mol. The van der Waals surface area contributed by atoms with Gasteiger partial charge in [0.2, 0.25) is 0 Å². The van der Waals surface area contributed by atoms with E-state index in [0.29, 0.717) is 5.75 Å². The minimum Gasteiger partial charge on any atom is -0.487 e. The summed E-state index contributed by atoms with van der Waals surface area (Å²) in [7, 11) is 0. The molecule has 88 valence electrons. The molecule has 1 heterocycles. The van der Waals surface area contributed by atoms with Gasteiger partial charge in [0.05, 0.1) is 12.0 Å². The fourth-order valence-corrected chi connectivity index (χ4v) is 1.39. The molecular formula is C11H8F2N2OS. The number of benzene rings is 1. The van der Waals surface area contributed by atoms with Crippen LogP contribution in [0.2, 0.25) is 0 Å². The normalized spacial score (nSPS) is 10.2. The summed E-state index contributed by atoms with van der Waals surface area (Å²) in [6.45, 7) is -0.0242. The highest BCUT2D eigenvalue weighted by Gasteiger charge is 2.05. The molecule has 17 heavy (non-hydrogen) atoms. The number of halogens is 2. The molecule has 0 spiro atoms. The van der Waals surface area contributed by atoms with E-state index in [2.05, 4.69) is 22.2 Å². The number of hydrogen-bond donors (Lipinski definition) is 1. The second-order valence-corrected chi connectivity index (χ2v) is 3.63. The molecule has 0 saturated carbocycles. The molecule has 0 fully saturated rings. The first-order chi connectivity index (χ1) is 8.16. The van der Waals surface area contributed by atoms with Gasteiger partial charge in [0.1, 0.15) is 18.2 Å². The smallest absolute Gasteiger partial charge is 0.182 e. The molecule has 0 saturated heterocycles. The van der Waals surface area contributed by atoms with Crippen LogP contribution in [0.4, 0.5) is 8.78 Å². The Balaban J connectivity index is 2.10. The lowest BCUT2D eigenvalue weighted by Gasteiger charge is -2.06. The van der Waals surface area contributed by atoms with Crippen molar-refractivity contribution in [3.8, 4) is 5.75 Å². The Labute approximate surface area is 101 Å². The van der Waals surface area contributed by atoms with Gasteiger partial charge in [-0.15, -0.1) is 0 Å². The minimum absolute atomic E-state index is 0.0242. The first-order valence-corrected chi connectivity index (χ1v) is 5.18. The fourth-order valence-electron chi connectivity index (χ4n) is 1.21. The predicted molar refractivity (Wildman–Crippen MR) is 60.1 cm³/mol. The standard InChI is InChI=1S/C11H8F2N2OS/c12-7-1-3-8(4-2-7)16-5-9-10(13)11(17)15-6-14-9/h1-4,6H,5H2,(H,14,15,17). The summed E-state index contributed by atoms with van der Waals surface area (Å²) in [5.74, 6) is -0.515. The van der Waals surface area contributed by atoms with Gasteiger partial charge in [-0.05, 0) is 24.3 Å². The Morgan fingerprint density at radius 1 is 1.24 bits per heavy atom. The lowest BCUT2D eigenvalue weighted by Crippen LogP contribution is -2.03. The third-order valence-electron chi connectivity index (χ3n) is 2.07. The van der Waals surface area contributed by atoms with Crippen LogP contribution in [0.15, 0.2) is 30.6 Å². The highest BCUT2D eigenvalue weighted by atomic mass is 32.1. The summed E-state index contributed by atoms with van der Waals surface area (Å²) in [4.78, 5) is 6.19. The van der Waals surface area contributed by atoms with Crippen LogP contribution in [0.1, 0.15) is 5.69 Å². The maximum atomic E-state index is 13.4. The number of nitrogens with zero attached hydrogens (tertiary/aromatic N) is 1. The quantitative estimate of drug-likeness (QED) is 0.856. The molecule has 6 heteroatoms. The van der Waals surface area contributed by atoms with Crippen molar-refractivity contribution in [3.63, 3.8) is 0 Å². The van der Waals surface area contributed by atoms with E-state index in [4.69, 9.17) is 4.74 Å². The van der Waals surface area contributed by atoms with Gasteiger partial charge < -0.3 is 9.72 Å². The summed E-state index contributed by atoms with van der Waals surface area (Å²) < 4.78 is 31.2. The Kier molecular flexibility index (Phi) is 3.43. The van der Waals surface area contributed by atoms with Gasteiger partial charge >= 0.3 is 0 Å². The molecule has 0 aliphatic carbocycles. The lowest BCUT2D eigenvalue weighted by molar-refractivity contribution is 0.293. The van der Waals surface area contributed by atoms with Gasteiger partial charge in [-0.3, -0.25) is 0 Å². The first kappa shape index (κ1) is 11.7. The van der Waals surface area contributed by atoms with Crippen LogP contribution in [0.3, 0.4) is 0 Å². The summed E-state index contributed by atoms with van der Waals surface area (Å²) in [5.41, 5.74) is 0.203. The van der Waals surface area contributed by atoms with Gasteiger partial charge in [-0.2, -0.15) is 0 Å². The lowest BCUT2D eigenvalue weighted by atomic mass is 10.3. The zero-order valence-electron chi connectivity index (χ0n) is 8.61. The van der Waals surface area contributed by atoms with Crippen LogP contribution in [-0.4, -0.2) is 9.97 Å². The van der Waals surface area contributed by atoms with Crippen LogP contribution >= 0.6 is 12.2 Å². The SMILES string of the molecule is Fc1ccc(OCc2[nH]cnc(=S)c2F)cc1. The van der Waals surface area contributed by atoms with Gasteiger partial charge in [-0.1, -0.05) is 12.2 Å². The van der Waals surface area contributed by atoms with Crippen molar-refractivity contribution in [2.45, 2.75) is 6.61 Å². The molecule has 1 aromatic heterocycles. The molecule has 0 aliphatic rings. The Bertz CT molecular complexity index is 568. The van der Waals surface area contributed by atoms with Gasteiger partial charge in [0.15, 0.2) is 10.5 Å². The molecule has 1 aromatic carbocycles. The fraction of sp³-hybridized carbons (Fsp3) is 0.0909. The summed E-state index contributed by atoms with van der Waals surface area (Å²) in [5, 5.41) is 0. The van der Waals surface area contributed by atoms with E-state index >= 15 is 0 Å². The summed E-state index contributed by atoms with van der Waals surface area (Å²) in [6.07, 6.45) is 1.30. The topological polar surface area (TPSA) is 37.9 Å². The third-order valence-corrected chi connectivity index (χ3v) is 2.35. The molecule has 0 bridgehead atoms. The van der Waals surface area contributed by atoms with Crippen LogP contribution in [0.5, 0.6) is 5.75 Å². The second-order valence-electron chi connectivity index (χ2n) is 3.24. The van der Waals surface area contributed by atoms with E-state index < -0.39 is 5.82 Å². The van der Waals surface area contributed by atoms with Crippen molar-refractivity contribution in [2.24, 2.45) is 0 Å². The van der Waals surface area contributed by atoms with E-state index in [0.717, 1.165) is 0 Å². The molecule has 0 unspecified atom stereocenters. The zero-order valence-corrected chi connectivity index (χ0v) is 9.43. The monoisotopic (exact) mass is 254 g/mol. The highest BCUT2D eigenvalue weighted by molar-refractivity contribution is 7.71. The highest BCUT2D eigenvalue weighted by Crippen LogP contribution is 2.13. The van der Waals surface area contributed by atoms with E-state index in [1.165, 1.54) is 30.6 Å². The Morgan fingerprint density at radius 2 is 1.94 bits per heavy atom. The number of H-pyrrole nitrogens is 1. The molecule has 3 nitrogen and oxygen atoms in total. The second kappa shape index (κ2) is 5.01. The van der Waals surface area contributed by atoms with Crippen LogP contribution in [0.25, 0.3) is 0 Å². The van der Waals surface area contributed by atoms with Gasteiger partial charge in [-0.25, -0.2) is 13.8 Å². The van der Waals surface area contributed by atoms with Crippen molar-refractivity contribution in [1.29, 1.82) is 0 Å². The van der Waals surface area contributed by atoms with E-state index in [9.17, 15) is 8.78 Å². The average Bonchev–Trinajstić information content (AvgIpc) is 2.33. The predicted octanol–water partition coefficient (Wildman–Crippen LogP) is 3.00. The van der Waals surface area contributed by atoms with E-state index in [-0.39, 0.29) is 22.8 Å². The van der Waals surface area contributed by atoms with E-state index in [1.54, 1.807) is 0 Å². The molecule has 0 aliphatic heterocycles. The first-order valence-electron chi connectivity index (χ1n) is 4.77. The Hall–Kier alpha value is -1.82. The van der Waals surface area contributed by atoms with Gasteiger partial charge in [0.25, 0.3) is 0 Å². The van der Waals surface area contributed by atoms with Crippen molar-refractivity contribution in [2.75, 3.05) is 0 Å². The number of nitrogens with one attached hydrogen (secondary N) is 1. The largest absolute Gasteiger partial charge is 0.487 e. The van der Waals surface area contributed by atoms with E-state index in [1.807, 2.05) is 0 Å². The van der Waals surface area contributed by atoms with Crippen molar-refractivity contribution in [3.05, 3.63) is 52.6 Å². The van der Waals surface area contributed by atoms with Crippen LogP contribution in [0, 0.1) is 16.3 Å². The van der Waals surface area contributed by atoms with Crippen molar-refractivity contribution in [1.82, 2.24) is 9.97 Å². The maximum absolute atomic E-state index is 13.4. The molecule has 2 aromatic rings. The molecule has 0 atom stereocenters. The summed E-state index contributed by atoms with van der Waals surface area (Å²) >= 11 is 4.68. The number of aromatic nitrogens is 2. The third kappa shape index (κ3) is 2.85. The van der Waals surface area contributed by atoms with Crippen molar-refractivity contribution < 1.29 is 13.5 Å². The average molecular weight is 254 g/mol. The molecule has 2 rings (SSSR count). The minimum atomic E-state index is -0.607.